The van der Waals surface area contributed by atoms with Gasteiger partial charge in [0.05, 0.1) is 13.2 Å². The van der Waals surface area contributed by atoms with Crippen LogP contribution in [0.15, 0.2) is 24.3 Å². The average molecular weight is 210 g/mol. The van der Waals surface area contributed by atoms with Crippen molar-refractivity contribution in [1.29, 1.82) is 0 Å². The Morgan fingerprint density at radius 1 is 1.27 bits per heavy atom. The van der Waals surface area contributed by atoms with E-state index in [4.69, 9.17) is 9.47 Å². The molecule has 0 aliphatic heterocycles. The molecule has 0 spiro atoms. The molecule has 0 aliphatic carbocycles. The van der Waals surface area contributed by atoms with Gasteiger partial charge in [0.15, 0.2) is 0 Å². The van der Waals surface area contributed by atoms with Crippen LogP contribution in [0.2, 0.25) is 0 Å². The fourth-order valence-electron chi connectivity index (χ4n) is 1.52. The van der Waals surface area contributed by atoms with Gasteiger partial charge >= 0.3 is 0 Å². The highest BCUT2D eigenvalue weighted by atomic mass is 16.5. The van der Waals surface area contributed by atoms with Crippen molar-refractivity contribution in [3.63, 3.8) is 0 Å². The van der Waals surface area contributed by atoms with Gasteiger partial charge in [-0.3, -0.25) is 0 Å². The first kappa shape index (κ1) is 12.0. The molecule has 1 N–H and O–H groups in total. The number of benzene rings is 1. The number of rotatable bonds is 6. The number of hydrogen-bond acceptors (Lipinski definition) is 3. The standard InChI is InChI=1S/C12H18O3/c1-14-9-5-7-11(13)10-6-3-4-8-12(10)15-2/h3-4,6,8,11,13H,5,7,9H2,1-2H3. The lowest BCUT2D eigenvalue weighted by atomic mass is 10.0. The van der Waals surface area contributed by atoms with E-state index < -0.39 is 6.10 Å². The van der Waals surface area contributed by atoms with Crippen molar-refractivity contribution in [2.75, 3.05) is 20.8 Å². The zero-order chi connectivity index (χ0) is 11.1. The van der Waals surface area contributed by atoms with Gasteiger partial charge < -0.3 is 14.6 Å². The first-order valence-electron chi connectivity index (χ1n) is 5.09. The van der Waals surface area contributed by atoms with Gasteiger partial charge in [0.25, 0.3) is 0 Å². The van der Waals surface area contributed by atoms with Crippen LogP contribution in [0.4, 0.5) is 0 Å². The highest BCUT2D eigenvalue weighted by Gasteiger charge is 2.11. The van der Waals surface area contributed by atoms with Gasteiger partial charge in [-0.15, -0.1) is 0 Å². The molecule has 1 atom stereocenters. The van der Waals surface area contributed by atoms with Crippen molar-refractivity contribution in [2.24, 2.45) is 0 Å². The van der Waals surface area contributed by atoms with E-state index in [9.17, 15) is 5.11 Å². The number of ether oxygens (including phenoxy) is 2. The molecule has 1 rings (SSSR count). The molecular formula is C12H18O3. The number of para-hydroxylation sites is 1. The second-order valence-electron chi connectivity index (χ2n) is 3.39. The second kappa shape index (κ2) is 6.43. The molecule has 0 aromatic heterocycles. The third kappa shape index (κ3) is 3.53. The number of methoxy groups -OCH3 is 2. The predicted octanol–water partition coefficient (Wildman–Crippen LogP) is 2.16. The summed E-state index contributed by atoms with van der Waals surface area (Å²) in [6, 6.07) is 7.53. The molecule has 0 saturated carbocycles. The molecule has 1 aromatic rings. The van der Waals surface area contributed by atoms with Crippen LogP contribution in [0.1, 0.15) is 24.5 Å². The molecule has 0 aliphatic rings. The molecule has 84 valence electrons. The molecule has 1 aromatic carbocycles. The summed E-state index contributed by atoms with van der Waals surface area (Å²) in [7, 11) is 3.27. The Balaban J connectivity index is 2.59. The van der Waals surface area contributed by atoms with Gasteiger partial charge in [0.2, 0.25) is 0 Å². The summed E-state index contributed by atoms with van der Waals surface area (Å²) >= 11 is 0. The minimum absolute atomic E-state index is 0.476. The van der Waals surface area contributed by atoms with Crippen LogP contribution in [0.5, 0.6) is 5.75 Å². The molecule has 0 radical (unpaired) electrons. The Morgan fingerprint density at radius 3 is 2.67 bits per heavy atom. The molecule has 0 bridgehead atoms. The fourth-order valence-corrected chi connectivity index (χ4v) is 1.52. The summed E-state index contributed by atoms with van der Waals surface area (Å²) in [5.74, 6) is 0.738. The zero-order valence-corrected chi connectivity index (χ0v) is 9.27. The lowest BCUT2D eigenvalue weighted by Crippen LogP contribution is -2.02. The fraction of sp³-hybridized carbons (Fsp3) is 0.500. The summed E-state index contributed by atoms with van der Waals surface area (Å²) in [5, 5.41) is 9.92. The molecule has 0 amide bonds. The highest BCUT2D eigenvalue weighted by molar-refractivity contribution is 5.34. The van der Waals surface area contributed by atoms with Crippen molar-refractivity contribution in [1.82, 2.24) is 0 Å². The first-order chi connectivity index (χ1) is 7.29. The normalized spacial score (nSPS) is 12.5. The molecule has 3 heteroatoms. The molecule has 3 nitrogen and oxygen atoms in total. The maximum Gasteiger partial charge on any atom is 0.124 e. The molecule has 0 heterocycles. The smallest absolute Gasteiger partial charge is 0.124 e. The van der Waals surface area contributed by atoms with Crippen molar-refractivity contribution >= 4 is 0 Å². The summed E-state index contributed by atoms with van der Waals surface area (Å²) in [6.45, 7) is 0.673. The van der Waals surface area contributed by atoms with Crippen LogP contribution in [0, 0.1) is 0 Å². The van der Waals surface area contributed by atoms with Crippen LogP contribution in [-0.2, 0) is 4.74 Å². The lowest BCUT2D eigenvalue weighted by molar-refractivity contribution is 0.134. The van der Waals surface area contributed by atoms with E-state index in [1.54, 1.807) is 14.2 Å². The quantitative estimate of drug-likeness (QED) is 0.731. The maximum atomic E-state index is 9.92. The van der Waals surface area contributed by atoms with E-state index in [1.807, 2.05) is 24.3 Å². The average Bonchev–Trinajstić information content (AvgIpc) is 2.29. The van der Waals surface area contributed by atoms with Crippen LogP contribution >= 0.6 is 0 Å². The highest BCUT2D eigenvalue weighted by Crippen LogP contribution is 2.27. The number of hydrogen-bond donors (Lipinski definition) is 1. The molecular weight excluding hydrogens is 192 g/mol. The van der Waals surface area contributed by atoms with Crippen molar-refractivity contribution in [2.45, 2.75) is 18.9 Å². The molecule has 0 saturated heterocycles. The molecule has 1 unspecified atom stereocenters. The SMILES string of the molecule is COCCCC(O)c1ccccc1OC. The Bertz CT molecular complexity index is 286. The summed E-state index contributed by atoms with van der Waals surface area (Å²) in [4.78, 5) is 0. The largest absolute Gasteiger partial charge is 0.496 e. The van der Waals surface area contributed by atoms with Gasteiger partial charge in [-0.05, 0) is 18.9 Å². The number of aliphatic hydroxyl groups excluding tert-OH is 1. The summed E-state index contributed by atoms with van der Waals surface area (Å²) < 4.78 is 10.1. The van der Waals surface area contributed by atoms with Gasteiger partial charge in [0.1, 0.15) is 5.75 Å². The molecule has 15 heavy (non-hydrogen) atoms. The Hall–Kier alpha value is -1.06. The predicted molar refractivity (Wildman–Crippen MR) is 59.1 cm³/mol. The van der Waals surface area contributed by atoms with Crippen LogP contribution in [0.3, 0.4) is 0 Å². The van der Waals surface area contributed by atoms with Gasteiger partial charge in [0, 0.05) is 19.3 Å². The van der Waals surface area contributed by atoms with E-state index >= 15 is 0 Å². The van der Waals surface area contributed by atoms with Crippen LogP contribution in [0.25, 0.3) is 0 Å². The van der Waals surface area contributed by atoms with Crippen LogP contribution < -0.4 is 4.74 Å². The van der Waals surface area contributed by atoms with Gasteiger partial charge in [-0.1, -0.05) is 18.2 Å². The van der Waals surface area contributed by atoms with Crippen molar-refractivity contribution in [3.05, 3.63) is 29.8 Å². The minimum atomic E-state index is -0.476. The Labute approximate surface area is 90.6 Å². The van der Waals surface area contributed by atoms with Gasteiger partial charge in [-0.25, -0.2) is 0 Å². The third-order valence-corrected chi connectivity index (χ3v) is 2.32. The molecule has 0 fully saturated rings. The first-order valence-corrected chi connectivity index (χ1v) is 5.09. The summed E-state index contributed by atoms with van der Waals surface area (Å²) in [6.07, 6.45) is 1.06. The topological polar surface area (TPSA) is 38.7 Å². The third-order valence-electron chi connectivity index (χ3n) is 2.32. The van der Waals surface area contributed by atoms with Gasteiger partial charge in [-0.2, -0.15) is 0 Å². The maximum absolute atomic E-state index is 9.92. The number of aliphatic hydroxyl groups is 1. The zero-order valence-electron chi connectivity index (χ0n) is 9.27. The van der Waals surface area contributed by atoms with E-state index in [0.29, 0.717) is 13.0 Å². The van der Waals surface area contributed by atoms with E-state index in [0.717, 1.165) is 17.7 Å². The van der Waals surface area contributed by atoms with Crippen molar-refractivity contribution < 1.29 is 14.6 Å². The minimum Gasteiger partial charge on any atom is -0.496 e. The van der Waals surface area contributed by atoms with E-state index in [-0.39, 0.29) is 0 Å². The van der Waals surface area contributed by atoms with E-state index in [2.05, 4.69) is 0 Å². The Morgan fingerprint density at radius 2 is 2.00 bits per heavy atom. The second-order valence-corrected chi connectivity index (χ2v) is 3.39. The lowest BCUT2D eigenvalue weighted by Gasteiger charge is -2.14. The monoisotopic (exact) mass is 210 g/mol. The van der Waals surface area contributed by atoms with Crippen LogP contribution in [-0.4, -0.2) is 25.9 Å². The Kier molecular flexibility index (Phi) is 5.15. The van der Waals surface area contributed by atoms with Crippen molar-refractivity contribution in [3.8, 4) is 5.75 Å². The van der Waals surface area contributed by atoms with E-state index in [1.165, 1.54) is 0 Å². The summed E-state index contributed by atoms with van der Waals surface area (Å²) in [5.41, 5.74) is 0.844.